The predicted molar refractivity (Wildman–Crippen MR) is 77.3 cm³/mol. The average molecular weight is 280 g/mol. The second-order valence-corrected chi connectivity index (χ2v) is 5.57. The van der Waals surface area contributed by atoms with E-state index < -0.39 is 0 Å². The van der Waals surface area contributed by atoms with Crippen LogP contribution in [0.2, 0.25) is 0 Å². The number of aliphatic hydroxyl groups is 1. The molecule has 0 unspecified atom stereocenters. The van der Waals surface area contributed by atoms with Crippen molar-refractivity contribution in [3.05, 3.63) is 11.4 Å². The van der Waals surface area contributed by atoms with Crippen LogP contribution in [0, 0.1) is 5.92 Å². The average Bonchev–Trinajstić information content (AvgIpc) is 2.72. The molecule has 6 nitrogen and oxygen atoms in total. The lowest BCUT2D eigenvalue weighted by Gasteiger charge is -2.25. The zero-order chi connectivity index (χ0) is 14.7. The Morgan fingerprint density at radius 3 is 2.65 bits per heavy atom. The number of nitrogen functional groups attached to an aromatic ring is 1. The lowest BCUT2D eigenvalue weighted by molar-refractivity contribution is 0.0903. The fraction of sp³-hybridized carbons (Fsp3) is 0.714. The zero-order valence-corrected chi connectivity index (χ0v) is 12.2. The van der Waals surface area contributed by atoms with Crippen molar-refractivity contribution in [2.24, 2.45) is 13.0 Å². The van der Waals surface area contributed by atoms with E-state index in [1.54, 1.807) is 11.7 Å². The van der Waals surface area contributed by atoms with Crippen LogP contribution in [0.15, 0.2) is 0 Å². The molecule has 1 saturated carbocycles. The molecule has 1 aromatic rings. The lowest BCUT2D eigenvalue weighted by Crippen LogP contribution is -2.33. The molecule has 1 aromatic heterocycles. The smallest absolute Gasteiger partial charge is 0.271 e. The maximum atomic E-state index is 12.2. The maximum absolute atomic E-state index is 12.2. The molecule has 112 valence electrons. The monoisotopic (exact) mass is 280 g/mol. The van der Waals surface area contributed by atoms with Gasteiger partial charge in [-0.15, -0.1) is 0 Å². The molecule has 20 heavy (non-hydrogen) atoms. The van der Waals surface area contributed by atoms with Gasteiger partial charge in [0.2, 0.25) is 0 Å². The number of nitrogens with zero attached hydrogens (tertiary/aromatic N) is 2. The molecule has 1 heterocycles. The van der Waals surface area contributed by atoms with E-state index in [2.05, 4.69) is 10.4 Å². The molecular weight excluding hydrogens is 256 g/mol. The number of hydrogen-bond donors (Lipinski definition) is 3. The van der Waals surface area contributed by atoms with E-state index >= 15 is 0 Å². The number of aromatic nitrogens is 2. The van der Waals surface area contributed by atoms with E-state index in [4.69, 9.17) is 5.73 Å². The van der Waals surface area contributed by atoms with E-state index in [-0.39, 0.29) is 12.0 Å². The molecule has 1 fully saturated rings. The summed E-state index contributed by atoms with van der Waals surface area (Å²) < 4.78 is 1.55. The second-order valence-electron chi connectivity index (χ2n) is 5.57. The number of amides is 1. The molecule has 1 aliphatic rings. The summed E-state index contributed by atoms with van der Waals surface area (Å²) in [4.78, 5) is 12.2. The molecule has 4 N–H and O–H groups in total. The molecule has 0 saturated heterocycles. The van der Waals surface area contributed by atoms with Crippen LogP contribution in [0.25, 0.3) is 0 Å². The molecule has 2 rings (SSSR count). The van der Waals surface area contributed by atoms with E-state index in [0.29, 0.717) is 30.3 Å². The van der Waals surface area contributed by atoms with Gasteiger partial charge in [-0.3, -0.25) is 9.48 Å². The van der Waals surface area contributed by atoms with E-state index in [9.17, 15) is 9.90 Å². The van der Waals surface area contributed by atoms with Crippen LogP contribution in [-0.4, -0.2) is 33.4 Å². The number of nitrogens with two attached hydrogens (primary N) is 1. The van der Waals surface area contributed by atoms with Crippen LogP contribution in [0.3, 0.4) is 0 Å². The Bertz CT molecular complexity index is 476. The molecule has 0 aromatic carbocycles. The summed E-state index contributed by atoms with van der Waals surface area (Å²) in [5, 5.41) is 16.7. The molecule has 6 heteroatoms. The van der Waals surface area contributed by atoms with Gasteiger partial charge >= 0.3 is 0 Å². The molecule has 0 radical (unpaired) electrons. The summed E-state index contributed by atoms with van der Waals surface area (Å²) in [6.07, 6.45) is 4.13. The zero-order valence-electron chi connectivity index (χ0n) is 12.2. The van der Waals surface area contributed by atoms with Crippen LogP contribution >= 0.6 is 0 Å². The number of nitrogens with one attached hydrogen (secondary N) is 1. The maximum Gasteiger partial charge on any atom is 0.271 e. The van der Waals surface area contributed by atoms with Crippen molar-refractivity contribution in [1.82, 2.24) is 15.1 Å². The van der Waals surface area contributed by atoms with Gasteiger partial charge in [-0.1, -0.05) is 6.92 Å². The Kier molecular flexibility index (Phi) is 4.65. The summed E-state index contributed by atoms with van der Waals surface area (Å²) in [6, 6.07) is 0. The van der Waals surface area contributed by atoms with E-state index in [1.807, 2.05) is 6.92 Å². The van der Waals surface area contributed by atoms with E-state index in [1.165, 1.54) is 0 Å². The predicted octanol–water partition coefficient (Wildman–Crippen LogP) is 0.846. The van der Waals surface area contributed by atoms with Crippen molar-refractivity contribution in [1.29, 1.82) is 0 Å². The second kappa shape index (κ2) is 6.26. The Hall–Kier alpha value is -1.56. The molecule has 0 atom stereocenters. The van der Waals surface area contributed by atoms with Crippen molar-refractivity contribution >= 4 is 11.6 Å². The highest BCUT2D eigenvalue weighted by Crippen LogP contribution is 2.24. The topological polar surface area (TPSA) is 93.2 Å². The largest absolute Gasteiger partial charge is 0.395 e. The molecule has 1 aliphatic carbocycles. The van der Waals surface area contributed by atoms with Crippen LogP contribution in [0.5, 0.6) is 0 Å². The molecule has 1 amide bonds. The SMILES string of the molecule is CCc1nn(C)c(C(=O)NCC2CCC(O)CC2)c1N. The summed E-state index contributed by atoms with van der Waals surface area (Å²) >= 11 is 0. The highest BCUT2D eigenvalue weighted by atomic mass is 16.3. The minimum absolute atomic E-state index is 0.164. The quantitative estimate of drug-likeness (QED) is 0.762. The third-order valence-corrected chi connectivity index (χ3v) is 4.08. The van der Waals surface area contributed by atoms with Crippen LogP contribution in [-0.2, 0) is 13.5 Å². The molecule has 0 spiro atoms. The molecule has 0 bridgehead atoms. The van der Waals surface area contributed by atoms with Crippen LogP contribution in [0.1, 0.15) is 48.8 Å². The van der Waals surface area contributed by atoms with Crippen molar-refractivity contribution in [3.63, 3.8) is 0 Å². The Morgan fingerprint density at radius 1 is 1.45 bits per heavy atom. The number of rotatable bonds is 4. The Morgan fingerprint density at radius 2 is 2.10 bits per heavy atom. The van der Waals surface area contributed by atoms with Gasteiger partial charge in [0.15, 0.2) is 0 Å². The first-order valence-corrected chi connectivity index (χ1v) is 7.30. The Labute approximate surface area is 119 Å². The first-order chi connectivity index (χ1) is 9.52. The number of aryl methyl sites for hydroxylation is 2. The third-order valence-electron chi connectivity index (χ3n) is 4.08. The number of carbonyl (C=O) groups is 1. The minimum atomic E-state index is -0.165. The summed E-state index contributed by atoms with van der Waals surface area (Å²) in [7, 11) is 1.74. The molecule has 0 aliphatic heterocycles. The fourth-order valence-electron chi connectivity index (χ4n) is 2.80. The van der Waals surface area contributed by atoms with Gasteiger partial charge in [0, 0.05) is 13.6 Å². The molecular formula is C14H24N4O2. The highest BCUT2D eigenvalue weighted by Gasteiger charge is 2.22. The standard InChI is InChI=1S/C14H24N4O2/c1-3-11-12(15)13(18(2)17-11)14(20)16-8-9-4-6-10(19)7-5-9/h9-10,19H,3-8,15H2,1-2H3,(H,16,20). The normalized spacial score (nSPS) is 22.8. The van der Waals surface area contributed by atoms with Gasteiger partial charge in [-0.2, -0.15) is 5.10 Å². The van der Waals surface area contributed by atoms with E-state index in [0.717, 1.165) is 31.4 Å². The summed E-state index contributed by atoms with van der Waals surface area (Å²) in [6.45, 7) is 2.60. The number of carbonyl (C=O) groups excluding carboxylic acids is 1. The number of aliphatic hydroxyl groups excluding tert-OH is 1. The first kappa shape index (κ1) is 14.8. The van der Waals surface area contributed by atoms with Gasteiger partial charge in [0.25, 0.3) is 5.91 Å². The van der Waals surface area contributed by atoms with Crippen molar-refractivity contribution in [2.45, 2.75) is 45.1 Å². The summed E-state index contributed by atoms with van der Waals surface area (Å²) in [5.41, 5.74) is 7.65. The van der Waals surface area contributed by atoms with Gasteiger partial charge in [-0.25, -0.2) is 0 Å². The van der Waals surface area contributed by atoms with Crippen molar-refractivity contribution in [2.75, 3.05) is 12.3 Å². The highest BCUT2D eigenvalue weighted by molar-refractivity contribution is 5.97. The lowest BCUT2D eigenvalue weighted by atomic mass is 9.87. The van der Waals surface area contributed by atoms with Gasteiger partial charge in [0.05, 0.1) is 17.5 Å². The van der Waals surface area contributed by atoms with Crippen LogP contribution < -0.4 is 11.1 Å². The number of hydrogen-bond acceptors (Lipinski definition) is 4. The first-order valence-electron chi connectivity index (χ1n) is 7.30. The van der Waals surface area contributed by atoms with Crippen molar-refractivity contribution < 1.29 is 9.90 Å². The summed E-state index contributed by atoms with van der Waals surface area (Å²) in [5.74, 6) is 0.283. The third kappa shape index (κ3) is 3.12. The Balaban J connectivity index is 1.94. The van der Waals surface area contributed by atoms with Gasteiger partial charge in [-0.05, 0) is 38.0 Å². The van der Waals surface area contributed by atoms with Gasteiger partial charge in [0.1, 0.15) is 5.69 Å². The number of anilines is 1. The fourth-order valence-corrected chi connectivity index (χ4v) is 2.80. The van der Waals surface area contributed by atoms with Crippen molar-refractivity contribution in [3.8, 4) is 0 Å². The van der Waals surface area contributed by atoms with Gasteiger partial charge < -0.3 is 16.2 Å². The minimum Gasteiger partial charge on any atom is -0.395 e. The van der Waals surface area contributed by atoms with Crippen LogP contribution in [0.4, 0.5) is 5.69 Å².